The summed E-state index contributed by atoms with van der Waals surface area (Å²) in [5.41, 5.74) is -0.458. The number of nitrogens with one attached hydrogen (secondary N) is 1. The summed E-state index contributed by atoms with van der Waals surface area (Å²) in [5, 5.41) is 18.6. The predicted molar refractivity (Wildman–Crippen MR) is 41.6 cm³/mol. The molecule has 0 fully saturated rings. The number of nitrogens with zero attached hydrogens (tertiary/aromatic N) is 3. The molecule has 0 aliphatic heterocycles. The molecule has 1 rings (SSSR count). The number of tetrazole rings is 1. The Balaban J connectivity index is 3.11. The molecular formula is C5H10N4OS. The number of aromatic amines is 1. The van der Waals surface area contributed by atoms with Crippen molar-refractivity contribution >= 4 is 12.2 Å². The van der Waals surface area contributed by atoms with Crippen LogP contribution in [-0.2, 0) is 5.54 Å². The lowest BCUT2D eigenvalue weighted by Crippen LogP contribution is -2.31. The SMILES string of the molecule is CC(C)(CO)n1[nH]nnc1=S. The minimum atomic E-state index is -0.458. The van der Waals surface area contributed by atoms with E-state index in [0.29, 0.717) is 4.77 Å². The zero-order chi connectivity index (χ0) is 8.48. The van der Waals surface area contributed by atoms with Crippen LogP contribution < -0.4 is 0 Å². The third-order valence-corrected chi connectivity index (χ3v) is 1.73. The second-order valence-corrected chi connectivity index (χ2v) is 3.25. The number of rotatable bonds is 2. The largest absolute Gasteiger partial charge is 0.394 e. The van der Waals surface area contributed by atoms with Crippen molar-refractivity contribution in [3.8, 4) is 0 Å². The molecule has 2 N–H and O–H groups in total. The molecule has 0 aliphatic rings. The first-order chi connectivity index (χ1) is 5.08. The molecule has 1 heterocycles. The summed E-state index contributed by atoms with van der Waals surface area (Å²) in [7, 11) is 0. The highest BCUT2D eigenvalue weighted by molar-refractivity contribution is 7.71. The number of aliphatic hydroxyl groups excluding tert-OH is 1. The highest BCUT2D eigenvalue weighted by Crippen LogP contribution is 2.10. The monoisotopic (exact) mass is 174 g/mol. The average Bonchev–Trinajstić information content (AvgIpc) is 2.36. The molecule has 1 aromatic rings. The van der Waals surface area contributed by atoms with Crippen LogP contribution in [0.3, 0.4) is 0 Å². The Morgan fingerprint density at radius 1 is 1.73 bits per heavy atom. The van der Waals surface area contributed by atoms with Gasteiger partial charge in [-0.1, -0.05) is 10.3 Å². The van der Waals surface area contributed by atoms with Crippen LogP contribution in [0.25, 0.3) is 0 Å². The summed E-state index contributed by atoms with van der Waals surface area (Å²) in [4.78, 5) is 0. The smallest absolute Gasteiger partial charge is 0.238 e. The molecule has 0 bridgehead atoms. The van der Waals surface area contributed by atoms with Crippen LogP contribution >= 0.6 is 12.2 Å². The van der Waals surface area contributed by atoms with Crippen LogP contribution in [-0.4, -0.2) is 31.9 Å². The van der Waals surface area contributed by atoms with Crippen LogP contribution in [0.1, 0.15) is 13.8 Å². The fourth-order valence-electron chi connectivity index (χ4n) is 0.662. The molecule has 0 aliphatic carbocycles. The number of H-pyrrole nitrogens is 1. The van der Waals surface area contributed by atoms with E-state index in [9.17, 15) is 0 Å². The van der Waals surface area contributed by atoms with Crippen LogP contribution in [0.4, 0.5) is 0 Å². The maximum atomic E-state index is 8.95. The van der Waals surface area contributed by atoms with Gasteiger partial charge in [0.1, 0.15) is 0 Å². The lowest BCUT2D eigenvalue weighted by molar-refractivity contribution is 0.148. The summed E-state index contributed by atoms with van der Waals surface area (Å²) in [6.07, 6.45) is 0. The van der Waals surface area contributed by atoms with Gasteiger partial charge in [0.05, 0.1) is 12.1 Å². The molecule has 0 spiro atoms. The minimum Gasteiger partial charge on any atom is -0.394 e. The normalized spacial score (nSPS) is 11.9. The zero-order valence-electron chi connectivity index (χ0n) is 6.40. The van der Waals surface area contributed by atoms with E-state index >= 15 is 0 Å². The van der Waals surface area contributed by atoms with Gasteiger partial charge in [-0.2, -0.15) is 5.21 Å². The van der Waals surface area contributed by atoms with E-state index in [1.165, 1.54) is 0 Å². The maximum Gasteiger partial charge on any atom is 0.238 e. The number of aromatic nitrogens is 4. The van der Waals surface area contributed by atoms with E-state index in [0.717, 1.165) is 0 Å². The second-order valence-electron chi connectivity index (χ2n) is 2.89. The van der Waals surface area contributed by atoms with Gasteiger partial charge in [-0.3, -0.25) is 0 Å². The van der Waals surface area contributed by atoms with Gasteiger partial charge < -0.3 is 5.11 Å². The van der Waals surface area contributed by atoms with Crippen molar-refractivity contribution in [1.29, 1.82) is 0 Å². The lowest BCUT2D eigenvalue weighted by atomic mass is 10.1. The quantitative estimate of drug-likeness (QED) is 0.622. The topological polar surface area (TPSA) is 66.7 Å². The zero-order valence-corrected chi connectivity index (χ0v) is 7.22. The molecule has 0 atom stereocenters. The molecule has 11 heavy (non-hydrogen) atoms. The van der Waals surface area contributed by atoms with Gasteiger partial charge >= 0.3 is 0 Å². The summed E-state index contributed by atoms with van der Waals surface area (Å²) in [5.74, 6) is 0. The summed E-state index contributed by atoms with van der Waals surface area (Å²) in [6, 6.07) is 0. The molecule has 0 saturated carbocycles. The van der Waals surface area contributed by atoms with E-state index in [2.05, 4.69) is 15.5 Å². The number of aliphatic hydroxyl groups is 1. The Morgan fingerprint density at radius 3 is 2.73 bits per heavy atom. The van der Waals surface area contributed by atoms with E-state index in [4.69, 9.17) is 17.3 Å². The molecule has 0 aromatic carbocycles. The van der Waals surface area contributed by atoms with E-state index in [-0.39, 0.29) is 6.61 Å². The van der Waals surface area contributed by atoms with Crippen LogP contribution in [0.2, 0.25) is 0 Å². The number of hydrogen-bond donors (Lipinski definition) is 2. The van der Waals surface area contributed by atoms with Crippen molar-refractivity contribution < 1.29 is 5.11 Å². The van der Waals surface area contributed by atoms with Crippen molar-refractivity contribution in [1.82, 2.24) is 20.2 Å². The average molecular weight is 174 g/mol. The molecular weight excluding hydrogens is 164 g/mol. The molecule has 1 aromatic heterocycles. The maximum absolute atomic E-state index is 8.95. The van der Waals surface area contributed by atoms with Crippen molar-refractivity contribution in [2.45, 2.75) is 19.4 Å². The predicted octanol–water partition coefficient (Wildman–Crippen LogP) is 0.0631. The van der Waals surface area contributed by atoms with Crippen LogP contribution in [0.5, 0.6) is 0 Å². The van der Waals surface area contributed by atoms with Crippen LogP contribution in [0.15, 0.2) is 0 Å². The van der Waals surface area contributed by atoms with Crippen molar-refractivity contribution in [3.63, 3.8) is 0 Å². The van der Waals surface area contributed by atoms with E-state index < -0.39 is 5.54 Å². The Bertz CT molecular complexity index is 289. The van der Waals surface area contributed by atoms with Gasteiger partial charge in [-0.25, -0.2) is 4.68 Å². The van der Waals surface area contributed by atoms with Crippen LogP contribution in [0, 0.1) is 4.77 Å². The van der Waals surface area contributed by atoms with Crippen molar-refractivity contribution in [2.24, 2.45) is 0 Å². The molecule has 0 radical (unpaired) electrons. The third-order valence-electron chi connectivity index (χ3n) is 1.46. The summed E-state index contributed by atoms with van der Waals surface area (Å²) < 4.78 is 1.89. The fraction of sp³-hybridized carbons (Fsp3) is 0.800. The Hall–Kier alpha value is -0.750. The van der Waals surface area contributed by atoms with Crippen molar-refractivity contribution in [2.75, 3.05) is 6.61 Å². The standard InChI is InChI=1S/C5H10N4OS/c1-5(2,3-10)9-4(11)6-7-8-9/h10H,3H2,1-2H3,(H,6,8,11). The Labute approximate surface area is 69.0 Å². The summed E-state index contributed by atoms with van der Waals surface area (Å²) >= 11 is 4.85. The Kier molecular flexibility index (Phi) is 2.05. The van der Waals surface area contributed by atoms with Gasteiger partial charge in [0.2, 0.25) is 4.77 Å². The minimum absolute atomic E-state index is 0.00875. The third kappa shape index (κ3) is 1.46. The van der Waals surface area contributed by atoms with Gasteiger partial charge in [0.25, 0.3) is 0 Å². The highest BCUT2D eigenvalue weighted by Gasteiger charge is 2.20. The van der Waals surface area contributed by atoms with E-state index in [1.807, 2.05) is 13.8 Å². The van der Waals surface area contributed by atoms with Crippen molar-refractivity contribution in [3.05, 3.63) is 4.77 Å². The van der Waals surface area contributed by atoms with Gasteiger partial charge in [0.15, 0.2) is 0 Å². The highest BCUT2D eigenvalue weighted by atomic mass is 32.1. The second kappa shape index (κ2) is 2.71. The van der Waals surface area contributed by atoms with Gasteiger partial charge in [-0.05, 0) is 26.1 Å². The number of hydrogen-bond acceptors (Lipinski definition) is 4. The lowest BCUT2D eigenvalue weighted by Gasteiger charge is -2.21. The fourth-order valence-corrected chi connectivity index (χ4v) is 0.991. The van der Waals surface area contributed by atoms with Gasteiger partial charge in [0, 0.05) is 0 Å². The first-order valence-corrected chi connectivity index (χ1v) is 3.60. The summed E-state index contributed by atoms with van der Waals surface area (Å²) in [6.45, 7) is 3.66. The molecule has 0 saturated heterocycles. The molecule has 6 heteroatoms. The Morgan fingerprint density at radius 2 is 2.36 bits per heavy atom. The first kappa shape index (κ1) is 8.35. The van der Waals surface area contributed by atoms with Gasteiger partial charge in [-0.15, -0.1) is 0 Å². The molecule has 0 unspecified atom stereocenters. The molecule has 5 nitrogen and oxygen atoms in total. The first-order valence-electron chi connectivity index (χ1n) is 3.19. The molecule has 62 valence electrons. The van der Waals surface area contributed by atoms with E-state index in [1.54, 1.807) is 4.68 Å². The molecule has 0 amide bonds.